The molecule has 4 aromatic heterocycles. The third-order valence-electron chi connectivity index (χ3n) is 9.30. The fourth-order valence-electron chi connectivity index (χ4n) is 7.00. The summed E-state index contributed by atoms with van der Waals surface area (Å²) in [6.07, 6.45) is 12.3. The zero-order valence-corrected chi connectivity index (χ0v) is 25.7. The van der Waals surface area contributed by atoms with Gasteiger partial charge in [0.25, 0.3) is 0 Å². The molecule has 0 bridgehead atoms. The average Bonchev–Trinajstić information content (AvgIpc) is 3.73. The van der Waals surface area contributed by atoms with Gasteiger partial charge >= 0.3 is 0 Å². The van der Waals surface area contributed by atoms with E-state index in [1.54, 1.807) is 12.4 Å². The number of fused-ring (bicyclic) bond motifs is 7. The quantitative estimate of drug-likeness (QED) is 0.195. The van der Waals surface area contributed by atoms with Gasteiger partial charge in [0.15, 0.2) is 23.1 Å². The molecule has 10 rings (SSSR count). The third-order valence-corrected chi connectivity index (χ3v) is 9.30. The van der Waals surface area contributed by atoms with Gasteiger partial charge < -0.3 is 8.83 Å². The molecule has 1 aliphatic carbocycles. The highest BCUT2D eigenvalue weighted by Gasteiger charge is 2.20. The minimum Gasteiger partial charge on any atom is -0.456 e. The van der Waals surface area contributed by atoms with Gasteiger partial charge in [-0.3, -0.25) is 4.98 Å². The van der Waals surface area contributed by atoms with E-state index in [0.717, 1.165) is 78.8 Å². The highest BCUT2D eigenvalue weighted by atomic mass is 16.3. The lowest BCUT2D eigenvalue weighted by atomic mass is 9.95. The lowest BCUT2D eigenvalue weighted by Gasteiger charge is -2.12. The summed E-state index contributed by atoms with van der Waals surface area (Å²) >= 11 is 0. The molecule has 48 heavy (non-hydrogen) atoms. The van der Waals surface area contributed by atoms with E-state index >= 15 is 0 Å². The van der Waals surface area contributed by atoms with Gasteiger partial charge in [-0.2, -0.15) is 0 Å². The Balaban J connectivity index is 1.21. The molecule has 0 aliphatic heterocycles. The second-order valence-corrected chi connectivity index (χ2v) is 12.2. The molecule has 5 aromatic carbocycles. The maximum atomic E-state index is 6.24. The van der Waals surface area contributed by atoms with E-state index in [1.807, 2.05) is 54.6 Å². The first kappa shape index (κ1) is 26.8. The molecule has 9 aromatic rings. The van der Waals surface area contributed by atoms with Gasteiger partial charge in [-0.05, 0) is 71.1 Å². The molecule has 0 fully saturated rings. The molecule has 0 saturated heterocycles. The fourth-order valence-corrected chi connectivity index (χ4v) is 7.00. The van der Waals surface area contributed by atoms with Crippen molar-refractivity contribution < 1.29 is 8.83 Å². The van der Waals surface area contributed by atoms with Crippen LogP contribution in [0.4, 0.5) is 0 Å². The van der Waals surface area contributed by atoms with Crippen LogP contribution in [0.5, 0.6) is 0 Å². The molecule has 0 spiro atoms. The molecule has 6 heteroatoms. The van der Waals surface area contributed by atoms with Crippen LogP contribution in [0, 0.1) is 0 Å². The predicted octanol–water partition coefficient (Wildman–Crippen LogP) is 11.0. The van der Waals surface area contributed by atoms with Crippen LogP contribution in [0.1, 0.15) is 18.4 Å². The van der Waals surface area contributed by atoms with Crippen LogP contribution in [0.25, 0.3) is 94.4 Å². The Morgan fingerprint density at radius 1 is 0.542 bits per heavy atom. The average molecular weight is 619 g/mol. The molecule has 6 nitrogen and oxygen atoms in total. The van der Waals surface area contributed by atoms with Gasteiger partial charge in [-0.1, -0.05) is 85.0 Å². The molecular weight excluding hydrogens is 592 g/mol. The van der Waals surface area contributed by atoms with Crippen LogP contribution in [0.3, 0.4) is 0 Å². The Labute approximate surface area is 274 Å². The number of furan rings is 2. The van der Waals surface area contributed by atoms with E-state index in [4.69, 9.17) is 23.8 Å². The van der Waals surface area contributed by atoms with Crippen molar-refractivity contribution in [3.05, 3.63) is 139 Å². The number of pyridine rings is 1. The number of para-hydroxylation sites is 1. The van der Waals surface area contributed by atoms with Crippen LogP contribution < -0.4 is 0 Å². The summed E-state index contributed by atoms with van der Waals surface area (Å²) in [6, 6.07) is 35.2. The maximum Gasteiger partial charge on any atom is 0.164 e. The smallest absolute Gasteiger partial charge is 0.164 e. The van der Waals surface area contributed by atoms with Crippen molar-refractivity contribution in [2.45, 2.75) is 12.8 Å². The van der Waals surface area contributed by atoms with E-state index in [9.17, 15) is 0 Å². The summed E-state index contributed by atoms with van der Waals surface area (Å²) in [5.74, 6) is 1.74. The van der Waals surface area contributed by atoms with Crippen LogP contribution in [0.2, 0.25) is 0 Å². The monoisotopic (exact) mass is 618 g/mol. The summed E-state index contributed by atoms with van der Waals surface area (Å²) < 4.78 is 12.4. The molecule has 0 N–H and O–H groups in total. The van der Waals surface area contributed by atoms with Gasteiger partial charge in [-0.25, -0.2) is 15.0 Å². The number of hydrogen-bond acceptors (Lipinski definition) is 6. The van der Waals surface area contributed by atoms with Crippen molar-refractivity contribution in [1.29, 1.82) is 0 Å². The maximum absolute atomic E-state index is 6.24. The highest BCUT2D eigenvalue weighted by Crippen LogP contribution is 2.39. The topological polar surface area (TPSA) is 77.8 Å². The standard InChI is InChI=1S/C42H26N4O2/c1-2-8-25(9-3-1)26-16-17-28-23-29(19-18-27(28)22-26)40-44-41(32-11-6-14-35-38(32)30-10-4-5-13-34(30)47-35)46-42(45-40)33-12-7-15-36-39(33)31-20-21-43-24-37(31)48-36/h1-2,4-8,10-24H,3,9H2. The predicted molar refractivity (Wildman–Crippen MR) is 192 cm³/mol. The highest BCUT2D eigenvalue weighted by molar-refractivity contribution is 6.13. The van der Waals surface area contributed by atoms with Crippen LogP contribution in [0.15, 0.2) is 143 Å². The molecule has 0 atom stereocenters. The molecule has 1 aliphatic rings. The number of aromatic nitrogens is 4. The summed E-state index contributed by atoms with van der Waals surface area (Å²) in [5.41, 5.74) is 8.39. The molecule has 0 unspecified atom stereocenters. The van der Waals surface area contributed by atoms with Crippen molar-refractivity contribution >= 4 is 60.2 Å². The number of hydrogen-bond donors (Lipinski definition) is 0. The number of benzene rings is 5. The Morgan fingerprint density at radius 2 is 1.19 bits per heavy atom. The number of nitrogens with zero attached hydrogens (tertiary/aromatic N) is 4. The van der Waals surface area contributed by atoms with Crippen LogP contribution >= 0.6 is 0 Å². The van der Waals surface area contributed by atoms with Crippen molar-refractivity contribution in [2.24, 2.45) is 0 Å². The fraction of sp³-hybridized carbons (Fsp3) is 0.0476. The van der Waals surface area contributed by atoms with E-state index in [1.165, 1.54) is 16.5 Å². The van der Waals surface area contributed by atoms with E-state index in [-0.39, 0.29) is 0 Å². The summed E-state index contributed by atoms with van der Waals surface area (Å²) in [5, 5.41) is 6.22. The summed E-state index contributed by atoms with van der Waals surface area (Å²) in [7, 11) is 0. The van der Waals surface area contributed by atoms with E-state index in [2.05, 4.69) is 71.7 Å². The molecular formula is C42H26N4O2. The lowest BCUT2D eigenvalue weighted by molar-refractivity contribution is 0.667. The second-order valence-electron chi connectivity index (χ2n) is 12.2. The second kappa shape index (κ2) is 10.6. The molecule has 4 heterocycles. The van der Waals surface area contributed by atoms with Crippen molar-refractivity contribution in [1.82, 2.24) is 19.9 Å². The van der Waals surface area contributed by atoms with Gasteiger partial charge in [0.1, 0.15) is 16.7 Å². The van der Waals surface area contributed by atoms with Gasteiger partial charge in [-0.15, -0.1) is 0 Å². The van der Waals surface area contributed by atoms with Crippen molar-refractivity contribution in [2.75, 3.05) is 0 Å². The van der Waals surface area contributed by atoms with Gasteiger partial charge in [0.2, 0.25) is 0 Å². The van der Waals surface area contributed by atoms with Gasteiger partial charge in [0, 0.05) is 44.4 Å². The van der Waals surface area contributed by atoms with Gasteiger partial charge in [0.05, 0.1) is 6.20 Å². The zero-order chi connectivity index (χ0) is 31.6. The Bertz CT molecular complexity index is 2670. The van der Waals surface area contributed by atoms with E-state index in [0.29, 0.717) is 17.5 Å². The Morgan fingerprint density at radius 3 is 1.94 bits per heavy atom. The minimum atomic E-state index is 0.567. The first-order valence-corrected chi connectivity index (χ1v) is 16.1. The molecule has 0 saturated carbocycles. The van der Waals surface area contributed by atoms with Crippen molar-refractivity contribution in [3.8, 4) is 34.2 Å². The first-order valence-electron chi connectivity index (χ1n) is 16.1. The number of rotatable bonds is 4. The molecule has 226 valence electrons. The Kier molecular flexibility index (Phi) is 5.90. The molecule has 0 amide bonds. The van der Waals surface area contributed by atoms with Crippen LogP contribution in [-0.4, -0.2) is 19.9 Å². The molecule has 0 radical (unpaired) electrons. The first-order chi connectivity index (χ1) is 23.8. The normalized spacial score (nSPS) is 13.3. The Hall–Kier alpha value is -6.40. The van der Waals surface area contributed by atoms with Crippen LogP contribution in [-0.2, 0) is 0 Å². The zero-order valence-electron chi connectivity index (χ0n) is 25.7. The number of allylic oxidation sites excluding steroid dienone is 4. The summed E-state index contributed by atoms with van der Waals surface area (Å²) in [4.78, 5) is 19.7. The third kappa shape index (κ3) is 4.27. The lowest BCUT2D eigenvalue weighted by Crippen LogP contribution is -2.01. The minimum absolute atomic E-state index is 0.567. The SMILES string of the molecule is C1=CCCC(c2ccc3cc(-c4nc(-c5cccc6oc7ccccc7c56)nc(-c5cccc6oc7cnccc7c56)n4)ccc3c2)=C1. The summed E-state index contributed by atoms with van der Waals surface area (Å²) in [6.45, 7) is 0. The van der Waals surface area contributed by atoms with Crippen molar-refractivity contribution in [3.63, 3.8) is 0 Å². The van der Waals surface area contributed by atoms with E-state index < -0.39 is 0 Å². The largest absolute Gasteiger partial charge is 0.456 e.